The number of hydrogen-bond acceptors (Lipinski definition) is 3. The van der Waals surface area contributed by atoms with Crippen LogP contribution in [0, 0.1) is 0 Å². The Labute approximate surface area is 328 Å². The second-order valence-electron chi connectivity index (χ2n) is 18.4. The highest BCUT2D eigenvalue weighted by molar-refractivity contribution is 6.88. The Kier molecular flexibility index (Phi) is 8.34. The van der Waals surface area contributed by atoms with Crippen LogP contribution in [-0.4, -0.2) is 34.4 Å². The largest absolute Gasteiger partial charge is 0.472 e. The molecule has 1 unspecified atom stereocenters. The van der Waals surface area contributed by atoms with Gasteiger partial charge in [0.15, 0.2) is 5.60 Å². The highest BCUT2D eigenvalue weighted by Gasteiger charge is 2.46. The topological polar surface area (TPSA) is 21.7 Å². The zero-order valence-electron chi connectivity index (χ0n) is 33.7. The third kappa shape index (κ3) is 5.79. The summed E-state index contributed by atoms with van der Waals surface area (Å²) in [5.74, 6) is 0.958. The van der Waals surface area contributed by atoms with Crippen molar-refractivity contribution in [1.82, 2.24) is 0 Å². The number of benzene rings is 6. The van der Waals surface area contributed by atoms with E-state index in [0.717, 1.165) is 48.6 Å². The minimum atomic E-state index is -1.55. The van der Waals surface area contributed by atoms with Gasteiger partial charge in [-0.05, 0) is 68.0 Å². The molecule has 4 heteroatoms. The molecular weight excluding hydrogens is 687 g/mol. The Bertz CT molecular complexity index is 2460. The van der Waals surface area contributed by atoms with Crippen LogP contribution in [0.3, 0.4) is 0 Å². The van der Waals surface area contributed by atoms with Gasteiger partial charge in [0.2, 0.25) is 0 Å². The highest BCUT2D eigenvalue weighted by Crippen LogP contribution is 2.60. The molecule has 0 aromatic heterocycles. The summed E-state index contributed by atoms with van der Waals surface area (Å²) < 4.78 is 13.6. The van der Waals surface area contributed by atoms with Gasteiger partial charge in [-0.3, -0.25) is 0 Å². The van der Waals surface area contributed by atoms with Gasteiger partial charge in [-0.1, -0.05) is 169 Å². The van der Waals surface area contributed by atoms with Crippen LogP contribution in [-0.2, 0) is 21.2 Å². The van der Waals surface area contributed by atoms with Crippen molar-refractivity contribution in [3.8, 4) is 16.9 Å². The number of morpholine rings is 1. The first-order valence-corrected chi connectivity index (χ1v) is 23.5. The van der Waals surface area contributed by atoms with Crippen LogP contribution in [0.15, 0.2) is 127 Å². The number of fused-ring (bicyclic) bond motifs is 8. The van der Waals surface area contributed by atoms with Crippen molar-refractivity contribution >= 4 is 35.3 Å². The van der Waals surface area contributed by atoms with E-state index in [0.29, 0.717) is 0 Å². The molecule has 6 aromatic carbocycles. The van der Waals surface area contributed by atoms with Crippen LogP contribution in [0.5, 0.6) is 5.75 Å². The Hall–Kier alpha value is -4.90. The maximum absolute atomic E-state index is 7.86. The number of rotatable bonds is 5. The minimum Gasteiger partial charge on any atom is -0.472 e. The summed E-state index contributed by atoms with van der Waals surface area (Å²) in [7, 11) is -1.55. The van der Waals surface area contributed by atoms with Crippen molar-refractivity contribution in [3.63, 3.8) is 0 Å². The summed E-state index contributed by atoms with van der Waals surface area (Å²) in [5.41, 5.74) is 12.7. The zero-order chi connectivity index (χ0) is 38.3. The van der Waals surface area contributed by atoms with E-state index in [1.807, 2.05) is 0 Å². The lowest BCUT2D eigenvalue weighted by Gasteiger charge is -2.41. The third-order valence-electron chi connectivity index (χ3n) is 12.5. The quantitative estimate of drug-likeness (QED) is 0.164. The molecule has 0 saturated carbocycles. The molecule has 0 spiro atoms. The second kappa shape index (κ2) is 12.8. The van der Waals surface area contributed by atoms with Crippen molar-refractivity contribution in [1.29, 1.82) is 0 Å². The maximum Gasteiger partial charge on any atom is 0.178 e. The van der Waals surface area contributed by atoms with Crippen LogP contribution < -0.4 is 14.8 Å². The van der Waals surface area contributed by atoms with Gasteiger partial charge in [0.1, 0.15) is 5.75 Å². The summed E-state index contributed by atoms with van der Waals surface area (Å²) >= 11 is 0. The first kappa shape index (κ1) is 35.8. The molecule has 3 nitrogen and oxygen atoms in total. The fourth-order valence-electron chi connectivity index (χ4n) is 9.31. The summed E-state index contributed by atoms with van der Waals surface area (Å²) in [4.78, 5) is 2.42. The number of hydrogen-bond donors (Lipinski definition) is 0. The molecule has 6 aromatic rings. The van der Waals surface area contributed by atoms with Gasteiger partial charge in [0, 0.05) is 46.3 Å². The molecule has 1 saturated heterocycles. The van der Waals surface area contributed by atoms with Gasteiger partial charge in [-0.25, -0.2) is 0 Å². The maximum atomic E-state index is 7.86. The molecule has 9 rings (SSSR count). The number of nitrogens with zero attached hydrogens (tertiary/aromatic N) is 1. The Morgan fingerprint density at radius 1 is 0.655 bits per heavy atom. The Morgan fingerprint density at radius 3 is 1.89 bits per heavy atom. The highest BCUT2D eigenvalue weighted by atomic mass is 28.3. The van der Waals surface area contributed by atoms with E-state index >= 15 is 0 Å². The molecule has 0 amide bonds. The van der Waals surface area contributed by atoms with E-state index in [4.69, 9.17) is 9.47 Å². The van der Waals surface area contributed by atoms with Crippen LogP contribution in [0.4, 0.5) is 5.69 Å². The van der Waals surface area contributed by atoms with Crippen molar-refractivity contribution in [3.05, 3.63) is 166 Å². The second-order valence-corrected chi connectivity index (χ2v) is 23.4. The van der Waals surface area contributed by atoms with Gasteiger partial charge >= 0.3 is 0 Å². The molecule has 2 aliphatic heterocycles. The van der Waals surface area contributed by atoms with Gasteiger partial charge in [-0.2, -0.15) is 0 Å². The van der Waals surface area contributed by atoms with E-state index in [-0.39, 0.29) is 10.8 Å². The molecule has 0 N–H and O–H groups in total. The molecule has 0 bridgehead atoms. The minimum absolute atomic E-state index is 0.0473. The fraction of sp³-hybridized carbons (Fsp3) is 0.294. The number of ether oxygens (including phenoxy) is 2. The van der Waals surface area contributed by atoms with Crippen LogP contribution >= 0.6 is 0 Å². The van der Waals surface area contributed by atoms with E-state index in [1.165, 1.54) is 60.8 Å². The summed E-state index contributed by atoms with van der Waals surface area (Å²) in [6.07, 6.45) is 2.46. The normalized spacial score (nSPS) is 19.0. The molecular formula is C51H53NO2Si. The van der Waals surface area contributed by atoms with E-state index in [9.17, 15) is 0 Å². The molecule has 1 atom stereocenters. The van der Waals surface area contributed by atoms with E-state index in [2.05, 4.69) is 187 Å². The smallest absolute Gasteiger partial charge is 0.178 e. The molecule has 2 heterocycles. The van der Waals surface area contributed by atoms with Crippen molar-refractivity contribution < 1.29 is 9.47 Å². The predicted molar refractivity (Wildman–Crippen MR) is 234 cm³/mol. The average Bonchev–Trinajstić information content (AvgIpc) is 3.44. The van der Waals surface area contributed by atoms with Gasteiger partial charge in [0.25, 0.3) is 0 Å². The summed E-state index contributed by atoms with van der Waals surface area (Å²) in [6.45, 7) is 22.2. The molecule has 55 heavy (non-hydrogen) atoms. The van der Waals surface area contributed by atoms with E-state index in [1.54, 1.807) is 0 Å². The zero-order valence-corrected chi connectivity index (χ0v) is 34.7. The fourth-order valence-corrected chi connectivity index (χ4v) is 10.5. The lowest BCUT2D eigenvalue weighted by molar-refractivity contribution is 0.122. The van der Waals surface area contributed by atoms with Gasteiger partial charge < -0.3 is 14.4 Å². The Balaban J connectivity index is 1.37. The van der Waals surface area contributed by atoms with Crippen molar-refractivity contribution in [2.24, 2.45) is 0 Å². The molecule has 1 fully saturated rings. The predicted octanol–water partition coefficient (Wildman–Crippen LogP) is 11.6. The summed E-state index contributed by atoms with van der Waals surface area (Å²) in [6, 6.07) is 45.8. The van der Waals surface area contributed by atoms with Crippen LogP contribution in [0.25, 0.3) is 27.5 Å². The average molecular weight is 740 g/mol. The SMILES string of the molecule is CC(C)(C)c1ccc(C2=CC(c3ccc(N4CCOCC4)cc3)(c3ccc([Si](C)(C)C)cc3)Oc3c2c2c(c4ccccc34)-c3ccccc3C2(C)C)cc1. The molecule has 1 aliphatic carbocycles. The monoisotopic (exact) mass is 739 g/mol. The lowest BCUT2D eigenvalue weighted by Crippen LogP contribution is -2.39. The van der Waals surface area contributed by atoms with Crippen LogP contribution in [0.2, 0.25) is 19.6 Å². The third-order valence-corrected chi connectivity index (χ3v) is 14.5. The molecule has 278 valence electrons. The van der Waals surface area contributed by atoms with Crippen molar-refractivity contribution in [2.75, 3.05) is 31.2 Å². The standard InChI is InChI=1S/C51H53NO2Si/c1-49(2,3)35-19-17-34(18-20-35)43-33-51(37-23-27-39(28-24-37)55(6,7)8,36-21-25-38(26-22-36)52-29-31-53-32-30-52)54-48-41-14-10-9-13-40(41)45-42-15-11-12-16-44(42)50(4,5)47(45)46(43)48/h9-28,33H,29-32H2,1-8H3. The lowest BCUT2D eigenvalue weighted by atomic mass is 9.73. The molecule has 3 aliphatic rings. The van der Waals surface area contributed by atoms with Crippen LogP contribution in [0.1, 0.15) is 73.6 Å². The summed E-state index contributed by atoms with van der Waals surface area (Å²) in [5, 5.41) is 3.83. The van der Waals surface area contributed by atoms with Gasteiger partial charge in [-0.15, -0.1) is 0 Å². The van der Waals surface area contributed by atoms with Gasteiger partial charge in [0.05, 0.1) is 21.3 Å². The number of anilines is 1. The first-order chi connectivity index (χ1) is 26.3. The van der Waals surface area contributed by atoms with E-state index < -0.39 is 13.7 Å². The molecule has 0 radical (unpaired) electrons. The first-order valence-electron chi connectivity index (χ1n) is 20.0. The Morgan fingerprint density at radius 2 is 1.25 bits per heavy atom. The van der Waals surface area contributed by atoms with Crippen molar-refractivity contribution in [2.45, 2.75) is 70.7 Å².